The second-order valence-corrected chi connectivity index (χ2v) is 15.8. The van der Waals surface area contributed by atoms with Gasteiger partial charge in [-0.3, -0.25) is 0 Å². The van der Waals surface area contributed by atoms with E-state index >= 15 is 0 Å². The maximum Gasteiger partial charge on any atom is 0.416 e. The molecule has 5 heteroatoms. The first-order valence-corrected chi connectivity index (χ1v) is 17.9. The highest BCUT2D eigenvalue weighted by molar-refractivity contribution is 7.64. The Balaban J connectivity index is 1.38. The van der Waals surface area contributed by atoms with Crippen LogP contribution in [0, 0.1) is 0 Å². The van der Waals surface area contributed by atoms with Gasteiger partial charge in [0.1, 0.15) is 8.80 Å². The third-order valence-electron chi connectivity index (χ3n) is 8.49. The predicted octanol–water partition coefficient (Wildman–Crippen LogP) is 8.47. The van der Waals surface area contributed by atoms with E-state index in [1.165, 1.54) is 66.4 Å². The Hall–Kier alpha value is -3.72. The molecule has 0 aliphatic carbocycles. The van der Waals surface area contributed by atoms with Gasteiger partial charge in [0.2, 0.25) is 0 Å². The monoisotopic (exact) mass is 576 g/mol. The molecule has 1 aliphatic rings. The molecule has 6 aromatic rings. The second kappa shape index (κ2) is 10.3. The second-order valence-electron chi connectivity index (χ2n) is 10.9. The molecule has 0 fully saturated rings. The van der Waals surface area contributed by atoms with E-state index in [1.807, 2.05) is 0 Å². The minimum Gasteiger partial charge on any atom is -0.166 e. The van der Waals surface area contributed by atoms with Gasteiger partial charge in [0.15, 0.2) is 0 Å². The molecule has 1 heterocycles. The molecule has 6 aromatic carbocycles. The molecule has 0 saturated heterocycles. The first-order chi connectivity index (χ1) is 19.9. The molecule has 202 valence electrons. The van der Waals surface area contributed by atoms with Crippen LogP contribution in [0.3, 0.4) is 0 Å². The highest BCUT2D eigenvalue weighted by Crippen LogP contribution is 2.52. The molecule has 1 aliphatic heterocycles. The molecule has 0 nitrogen and oxygen atoms in total. The maximum absolute atomic E-state index is 13.2. The van der Waals surface area contributed by atoms with Crippen molar-refractivity contribution >= 4 is 53.9 Å². The molecule has 41 heavy (non-hydrogen) atoms. The Morgan fingerprint density at radius 1 is 0.585 bits per heavy atom. The van der Waals surface area contributed by atoms with Crippen molar-refractivity contribution in [3.05, 3.63) is 138 Å². The van der Waals surface area contributed by atoms with Crippen LogP contribution in [-0.4, -0.2) is 8.80 Å². The Morgan fingerprint density at radius 2 is 1.10 bits per heavy atom. The van der Waals surface area contributed by atoms with E-state index in [0.717, 1.165) is 17.5 Å². The lowest BCUT2D eigenvalue weighted by Gasteiger charge is -2.24. The molecule has 0 radical (unpaired) electrons. The summed E-state index contributed by atoms with van der Waals surface area (Å²) in [6, 6.07) is 41.1. The fourth-order valence-corrected chi connectivity index (χ4v) is 12.1. The smallest absolute Gasteiger partial charge is 0.166 e. The Labute approximate surface area is 240 Å². The van der Waals surface area contributed by atoms with Crippen LogP contribution in [0.4, 0.5) is 13.2 Å². The zero-order chi connectivity index (χ0) is 28.1. The maximum atomic E-state index is 13.2. The molecule has 0 amide bonds. The number of halogens is 3. The quantitative estimate of drug-likeness (QED) is 0.146. The van der Waals surface area contributed by atoms with Crippen LogP contribution < -0.4 is 15.7 Å². The summed E-state index contributed by atoms with van der Waals surface area (Å²) in [5.74, 6) is 0. The third kappa shape index (κ3) is 4.70. The molecular weight excluding hydrogens is 548 g/mol. The lowest BCUT2D eigenvalue weighted by molar-refractivity contribution is -0.137. The molecule has 7 rings (SSSR count). The zero-order valence-corrected chi connectivity index (χ0v) is 24.7. The first-order valence-electron chi connectivity index (χ1n) is 13.9. The van der Waals surface area contributed by atoms with Crippen LogP contribution in [0.1, 0.15) is 16.7 Å². The minimum absolute atomic E-state index is 0.587. The number of fused-ring (bicyclic) bond motifs is 7. The van der Waals surface area contributed by atoms with Gasteiger partial charge in [-0.2, -0.15) is 13.2 Å². The minimum atomic E-state index is -4.32. The van der Waals surface area contributed by atoms with Crippen molar-refractivity contribution < 1.29 is 13.2 Å². The number of alkyl halides is 3. The van der Waals surface area contributed by atoms with Crippen molar-refractivity contribution in [2.45, 2.75) is 25.0 Å². The van der Waals surface area contributed by atoms with Gasteiger partial charge < -0.3 is 0 Å². The largest absolute Gasteiger partial charge is 0.416 e. The van der Waals surface area contributed by atoms with Crippen LogP contribution in [0.15, 0.2) is 121 Å². The summed E-state index contributed by atoms with van der Waals surface area (Å²) in [4.78, 5) is 0. The van der Waals surface area contributed by atoms with Crippen LogP contribution in [0.25, 0.3) is 32.7 Å². The van der Waals surface area contributed by atoms with E-state index in [1.54, 1.807) is 12.1 Å². The SMILES string of the molecule is C[Si@H](c1ccc(C(F)(F)F)cc1)c1ccccc1P1Cc2ccc3ccccc3c2-c2c(ccc3ccccc23)C1. The lowest BCUT2D eigenvalue weighted by Crippen LogP contribution is -2.46. The number of hydrogen-bond acceptors (Lipinski definition) is 0. The predicted molar refractivity (Wildman–Crippen MR) is 171 cm³/mol. The van der Waals surface area contributed by atoms with Crippen molar-refractivity contribution in [1.29, 1.82) is 0 Å². The van der Waals surface area contributed by atoms with E-state index in [4.69, 9.17) is 0 Å². The fourth-order valence-electron chi connectivity index (χ4n) is 6.41. The molecule has 0 unspecified atom stereocenters. The summed E-state index contributed by atoms with van der Waals surface area (Å²) in [6.07, 6.45) is -2.37. The first kappa shape index (κ1) is 26.2. The average Bonchev–Trinajstić information content (AvgIpc) is 3.18. The van der Waals surface area contributed by atoms with E-state index in [2.05, 4.69) is 104 Å². The van der Waals surface area contributed by atoms with Crippen molar-refractivity contribution in [2.75, 3.05) is 0 Å². The van der Waals surface area contributed by atoms with Gasteiger partial charge in [0, 0.05) is 0 Å². The summed E-state index contributed by atoms with van der Waals surface area (Å²) in [7, 11) is -2.31. The van der Waals surface area contributed by atoms with Gasteiger partial charge in [0.25, 0.3) is 0 Å². The summed E-state index contributed by atoms with van der Waals surface area (Å²) in [6.45, 7) is 2.25. The average molecular weight is 577 g/mol. The number of hydrogen-bond donors (Lipinski definition) is 0. The summed E-state index contributed by atoms with van der Waals surface area (Å²) >= 11 is 0. The lowest BCUT2D eigenvalue weighted by atomic mass is 9.88. The number of benzene rings is 6. The normalized spacial score (nSPS) is 14.4. The van der Waals surface area contributed by atoms with Crippen LogP contribution in [0.5, 0.6) is 0 Å². The van der Waals surface area contributed by atoms with E-state index in [0.29, 0.717) is 0 Å². The molecular formula is C36H28F3PSi. The molecule has 0 spiro atoms. The summed E-state index contributed by atoms with van der Waals surface area (Å²) in [5, 5.41) is 8.85. The molecule has 0 N–H and O–H groups in total. The van der Waals surface area contributed by atoms with E-state index in [-0.39, 0.29) is 0 Å². The van der Waals surface area contributed by atoms with Crippen molar-refractivity contribution in [3.63, 3.8) is 0 Å². The van der Waals surface area contributed by atoms with Gasteiger partial charge in [-0.05, 0) is 61.4 Å². The van der Waals surface area contributed by atoms with E-state index < -0.39 is 28.5 Å². The highest BCUT2D eigenvalue weighted by Gasteiger charge is 2.31. The summed E-state index contributed by atoms with van der Waals surface area (Å²) in [5.41, 5.74) is 4.87. The van der Waals surface area contributed by atoms with Crippen LogP contribution in [-0.2, 0) is 18.5 Å². The molecule has 0 bridgehead atoms. The van der Waals surface area contributed by atoms with Crippen LogP contribution in [0.2, 0.25) is 6.55 Å². The van der Waals surface area contributed by atoms with Crippen molar-refractivity contribution in [2.24, 2.45) is 0 Å². The molecule has 0 saturated carbocycles. The van der Waals surface area contributed by atoms with Crippen LogP contribution >= 0.6 is 7.92 Å². The Bertz CT molecular complexity index is 1820. The zero-order valence-electron chi connectivity index (χ0n) is 22.6. The number of rotatable bonds is 3. The van der Waals surface area contributed by atoms with Gasteiger partial charge in [-0.15, -0.1) is 0 Å². The molecule has 1 atom stereocenters. The van der Waals surface area contributed by atoms with Gasteiger partial charge >= 0.3 is 6.18 Å². The van der Waals surface area contributed by atoms with Crippen molar-refractivity contribution in [1.82, 2.24) is 0 Å². The van der Waals surface area contributed by atoms with Gasteiger partial charge in [0.05, 0.1) is 5.56 Å². The van der Waals surface area contributed by atoms with Crippen molar-refractivity contribution in [3.8, 4) is 11.1 Å². The summed E-state index contributed by atoms with van der Waals surface area (Å²) < 4.78 is 39.7. The highest BCUT2D eigenvalue weighted by atomic mass is 31.1. The fraction of sp³-hybridized carbons (Fsp3) is 0.111. The van der Waals surface area contributed by atoms with Gasteiger partial charge in [-0.25, -0.2) is 0 Å². The topological polar surface area (TPSA) is 0 Å². The Morgan fingerprint density at radius 3 is 1.66 bits per heavy atom. The standard InChI is InChI=1S/C36H28F3PSi/c1-41(29-20-18-28(19-21-29)36(37,38)39)33-13-7-6-12-32(33)40-22-26-16-14-24-8-2-4-10-30(24)34(26)35-27(23-40)17-15-25-9-3-5-11-31(25)35/h2-21,41H,22-23H2,1H3/t41-/m1/s1. The van der Waals surface area contributed by atoms with Gasteiger partial charge in [-0.1, -0.05) is 146 Å². The Kier molecular flexibility index (Phi) is 6.57. The van der Waals surface area contributed by atoms with E-state index in [9.17, 15) is 13.2 Å². The third-order valence-corrected chi connectivity index (χ3v) is 14.1. The molecule has 0 aromatic heterocycles.